The van der Waals surface area contributed by atoms with Gasteiger partial charge < -0.3 is 0 Å². The van der Waals surface area contributed by atoms with Crippen molar-refractivity contribution in [2.45, 2.75) is 5.03 Å². The molecule has 0 radical (unpaired) electrons. The molecule has 6 heteroatoms. The number of pyridine rings is 1. The molecule has 0 saturated heterocycles. The summed E-state index contributed by atoms with van der Waals surface area (Å²) in [5.74, 6) is 0. The Hall–Kier alpha value is -0.460. The first kappa shape index (κ1) is 9.63. The van der Waals surface area contributed by atoms with Crippen molar-refractivity contribution in [2.75, 3.05) is 7.05 Å². The minimum atomic E-state index is -3.41. The van der Waals surface area contributed by atoms with Crippen molar-refractivity contribution in [1.29, 1.82) is 0 Å². The third-order valence-corrected chi connectivity index (χ3v) is 2.99. The number of aromatic nitrogens is 1. The van der Waals surface area contributed by atoms with Crippen molar-refractivity contribution in [3.8, 4) is 0 Å². The first-order valence-corrected chi connectivity index (χ1v) is 5.40. The van der Waals surface area contributed by atoms with E-state index in [0.29, 0.717) is 4.60 Å². The molecule has 0 spiro atoms. The third-order valence-electron chi connectivity index (χ3n) is 1.23. The predicted octanol–water partition coefficient (Wildman–Crippen LogP) is 0.752. The van der Waals surface area contributed by atoms with E-state index in [1.165, 1.54) is 13.1 Å². The number of nitrogens with zero attached hydrogens (tertiary/aromatic N) is 1. The van der Waals surface area contributed by atoms with Gasteiger partial charge in [0.25, 0.3) is 10.0 Å². The minimum absolute atomic E-state index is 0.0133. The highest BCUT2D eigenvalue weighted by molar-refractivity contribution is 9.10. The molecule has 0 aliphatic heterocycles. The highest BCUT2D eigenvalue weighted by Gasteiger charge is 2.11. The van der Waals surface area contributed by atoms with Gasteiger partial charge in [0, 0.05) is 0 Å². The van der Waals surface area contributed by atoms with Gasteiger partial charge in [-0.2, -0.15) is 0 Å². The van der Waals surface area contributed by atoms with Crippen LogP contribution >= 0.6 is 15.9 Å². The summed E-state index contributed by atoms with van der Waals surface area (Å²) in [5.41, 5.74) is 0. The van der Waals surface area contributed by atoms with Crippen LogP contribution in [0.3, 0.4) is 0 Å². The van der Waals surface area contributed by atoms with Crippen LogP contribution < -0.4 is 4.72 Å². The van der Waals surface area contributed by atoms with Gasteiger partial charge in [0.05, 0.1) is 0 Å². The van der Waals surface area contributed by atoms with Gasteiger partial charge in [-0.15, -0.1) is 0 Å². The van der Waals surface area contributed by atoms with Crippen LogP contribution in [0.15, 0.2) is 27.8 Å². The molecule has 12 heavy (non-hydrogen) atoms. The Balaban J connectivity index is 3.21. The van der Waals surface area contributed by atoms with E-state index in [1.807, 2.05) is 0 Å². The van der Waals surface area contributed by atoms with E-state index in [1.54, 1.807) is 12.1 Å². The molecule has 66 valence electrons. The Kier molecular flexibility index (Phi) is 2.81. The SMILES string of the molecule is CNS(=O)(=O)c1cccc(Br)n1. The summed E-state index contributed by atoms with van der Waals surface area (Å²) in [6.07, 6.45) is 0. The van der Waals surface area contributed by atoms with Crippen LogP contribution in [0.4, 0.5) is 0 Å². The molecule has 0 bridgehead atoms. The lowest BCUT2D eigenvalue weighted by Crippen LogP contribution is -2.19. The molecule has 0 fully saturated rings. The minimum Gasteiger partial charge on any atom is -0.228 e. The Bertz CT molecular complexity index is 377. The van der Waals surface area contributed by atoms with Gasteiger partial charge in [0.2, 0.25) is 0 Å². The molecule has 0 saturated carbocycles. The van der Waals surface area contributed by atoms with Crippen molar-refractivity contribution in [1.82, 2.24) is 9.71 Å². The summed E-state index contributed by atoms with van der Waals surface area (Å²) in [4.78, 5) is 3.78. The summed E-state index contributed by atoms with van der Waals surface area (Å²) in [7, 11) is -2.07. The van der Waals surface area contributed by atoms with Gasteiger partial charge in [-0.1, -0.05) is 6.07 Å². The van der Waals surface area contributed by atoms with Gasteiger partial charge in [-0.25, -0.2) is 18.1 Å². The van der Waals surface area contributed by atoms with Crippen LogP contribution in [0.1, 0.15) is 0 Å². The number of halogens is 1. The van der Waals surface area contributed by atoms with E-state index in [9.17, 15) is 8.42 Å². The maximum Gasteiger partial charge on any atom is 0.257 e. The lowest BCUT2D eigenvalue weighted by atomic mass is 10.5. The summed E-state index contributed by atoms with van der Waals surface area (Å²) in [6.45, 7) is 0. The predicted molar refractivity (Wildman–Crippen MR) is 48.2 cm³/mol. The van der Waals surface area contributed by atoms with Crippen LogP contribution in [-0.2, 0) is 10.0 Å². The highest BCUT2D eigenvalue weighted by Crippen LogP contribution is 2.09. The number of nitrogens with one attached hydrogen (secondary N) is 1. The van der Waals surface area contributed by atoms with Crippen LogP contribution in [0.25, 0.3) is 0 Å². The lowest BCUT2D eigenvalue weighted by molar-refractivity contribution is 0.584. The van der Waals surface area contributed by atoms with E-state index in [2.05, 4.69) is 25.6 Å². The van der Waals surface area contributed by atoms with E-state index in [-0.39, 0.29) is 5.03 Å². The summed E-state index contributed by atoms with van der Waals surface area (Å²) >= 11 is 3.08. The monoisotopic (exact) mass is 250 g/mol. The molecule has 0 aliphatic rings. The molecule has 1 rings (SSSR count). The maximum atomic E-state index is 11.2. The fourth-order valence-corrected chi connectivity index (χ4v) is 1.79. The Morgan fingerprint density at radius 3 is 2.67 bits per heavy atom. The Morgan fingerprint density at radius 1 is 1.50 bits per heavy atom. The van der Waals surface area contributed by atoms with Crippen molar-refractivity contribution < 1.29 is 8.42 Å². The van der Waals surface area contributed by atoms with Gasteiger partial charge in [-0.3, -0.25) is 0 Å². The van der Waals surface area contributed by atoms with E-state index in [0.717, 1.165) is 0 Å². The zero-order chi connectivity index (χ0) is 9.19. The van der Waals surface area contributed by atoms with Gasteiger partial charge >= 0.3 is 0 Å². The zero-order valence-corrected chi connectivity index (χ0v) is 8.68. The van der Waals surface area contributed by atoms with E-state index < -0.39 is 10.0 Å². The molecule has 0 atom stereocenters. The average molecular weight is 251 g/mol. The second kappa shape index (κ2) is 3.51. The topological polar surface area (TPSA) is 59.1 Å². The van der Waals surface area contributed by atoms with Crippen molar-refractivity contribution >= 4 is 26.0 Å². The lowest BCUT2D eigenvalue weighted by Gasteiger charge is -2.00. The standard InChI is InChI=1S/C6H7BrN2O2S/c1-8-12(10,11)6-4-2-3-5(7)9-6/h2-4,8H,1H3. The first-order valence-electron chi connectivity index (χ1n) is 3.12. The summed E-state index contributed by atoms with van der Waals surface area (Å²) < 4.78 is 25.0. The number of hydrogen-bond acceptors (Lipinski definition) is 3. The van der Waals surface area contributed by atoms with Crippen LogP contribution in [0, 0.1) is 0 Å². The molecule has 1 aromatic heterocycles. The molecule has 1 aromatic rings. The molecule has 0 amide bonds. The Labute approximate surface area is 79.2 Å². The van der Waals surface area contributed by atoms with E-state index >= 15 is 0 Å². The maximum absolute atomic E-state index is 11.2. The first-order chi connectivity index (χ1) is 5.56. The second-order valence-corrected chi connectivity index (χ2v) is 4.65. The summed E-state index contributed by atoms with van der Waals surface area (Å²) in [5, 5.41) is 0.0133. The number of rotatable bonds is 2. The molecule has 4 nitrogen and oxygen atoms in total. The quantitative estimate of drug-likeness (QED) is 0.789. The van der Waals surface area contributed by atoms with Crippen molar-refractivity contribution in [3.63, 3.8) is 0 Å². The fraction of sp³-hybridized carbons (Fsp3) is 0.167. The smallest absolute Gasteiger partial charge is 0.228 e. The number of hydrogen-bond donors (Lipinski definition) is 1. The average Bonchev–Trinajstić information content (AvgIpc) is 2.05. The molecular formula is C6H7BrN2O2S. The van der Waals surface area contributed by atoms with E-state index in [4.69, 9.17) is 0 Å². The molecule has 0 aromatic carbocycles. The molecule has 0 unspecified atom stereocenters. The second-order valence-electron chi connectivity index (χ2n) is 2.01. The zero-order valence-electron chi connectivity index (χ0n) is 6.28. The molecule has 1 N–H and O–H groups in total. The normalized spacial score (nSPS) is 11.5. The van der Waals surface area contributed by atoms with Crippen LogP contribution in [0.2, 0.25) is 0 Å². The molecule has 1 heterocycles. The largest absolute Gasteiger partial charge is 0.257 e. The molecule has 0 aliphatic carbocycles. The van der Waals surface area contributed by atoms with Gasteiger partial charge in [-0.05, 0) is 35.1 Å². The van der Waals surface area contributed by atoms with Gasteiger partial charge in [0.15, 0.2) is 5.03 Å². The molecular weight excluding hydrogens is 244 g/mol. The summed E-state index contributed by atoms with van der Waals surface area (Å²) in [6, 6.07) is 4.70. The highest BCUT2D eigenvalue weighted by atomic mass is 79.9. The van der Waals surface area contributed by atoms with Gasteiger partial charge in [0.1, 0.15) is 4.60 Å². The number of sulfonamides is 1. The fourth-order valence-electron chi connectivity index (χ4n) is 0.644. The third kappa shape index (κ3) is 2.02. The van der Waals surface area contributed by atoms with Crippen LogP contribution in [-0.4, -0.2) is 20.4 Å². The van der Waals surface area contributed by atoms with Crippen molar-refractivity contribution in [2.24, 2.45) is 0 Å². The van der Waals surface area contributed by atoms with Crippen molar-refractivity contribution in [3.05, 3.63) is 22.8 Å². The Morgan fingerprint density at radius 2 is 2.17 bits per heavy atom. The van der Waals surface area contributed by atoms with Crippen LogP contribution in [0.5, 0.6) is 0 Å².